The maximum atomic E-state index is 14.5. The highest BCUT2D eigenvalue weighted by Gasteiger charge is 2.34. The molecule has 1 atom stereocenters. The van der Waals surface area contributed by atoms with Gasteiger partial charge in [0, 0.05) is 0 Å². The smallest absolute Gasteiger partial charge is 0.403 e. The van der Waals surface area contributed by atoms with E-state index in [4.69, 9.17) is 0 Å². The molecule has 2 aliphatic rings. The van der Waals surface area contributed by atoms with Gasteiger partial charge in [-0.15, -0.1) is 13.2 Å². The first-order valence-electron chi connectivity index (χ1n) is 10.5. The molecule has 0 spiro atoms. The summed E-state index contributed by atoms with van der Waals surface area (Å²) >= 11 is 0. The number of fused-ring (bicyclic) bond motifs is 1. The highest BCUT2D eigenvalue weighted by atomic mass is 19.4. The van der Waals surface area contributed by atoms with Crippen LogP contribution >= 0.6 is 0 Å². The minimum Gasteiger partial charge on any atom is -0.403 e. The predicted molar refractivity (Wildman–Crippen MR) is 105 cm³/mol. The minimum absolute atomic E-state index is 0.261. The van der Waals surface area contributed by atoms with Crippen molar-refractivity contribution in [1.29, 1.82) is 0 Å². The molecule has 0 aliphatic heterocycles. The predicted octanol–water partition coefficient (Wildman–Crippen LogP) is 7.29. The number of hydrogen-bond donors (Lipinski definition) is 0. The third-order valence-electron chi connectivity index (χ3n) is 6.63. The van der Waals surface area contributed by atoms with Crippen LogP contribution in [0.3, 0.4) is 0 Å². The summed E-state index contributed by atoms with van der Waals surface area (Å²) in [7, 11) is 0. The molecule has 1 unspecified atom stereocenters. The average Bonchev–Trinajstić information content (AvgIpc) is 2.70. The van der Waals surface area contributed by atoms with Gasteiger partial charge in [0.05, 0.1) is 0 Å². The maximum absolute atomic E-state index is 14.5. The average molecular weight is 406 g/mol. The van der Waals surface area contributed by atoms with E-state index in [1.807, 2.05) is 0 Å². The van der Waals surface area contributed by atoms with Crippen molar-refractivity contribution in [3.05, 3.63) is 64.5 Å². The minimum atomic E-state index is -4.88. The van der Waals surface area contributed by atoms with E-state index in [9.17, 15) is 17.6 Å². The van der Waals surface area contributed by atoms with Gasteiger partial charge in [-0.25, -0.2) is 4.39 Å². The van der Waals surface area contributed by atoms with E-state index in [-0.39, 0.29) is 5.92 Å². The Bertz CT molecular complexity index is 848. The Morgan fingerprint density at radius 2 is 1.45 bits per heavy atom. The summed E-state index contributed by atoms with van der Waals surface area (Å²) in [5, 5.41) is 0. The molecule has 1 fully saturated rings. The van der Waals surface area contributed by atoms with E-state index >= 15 is 0 Å². The van der Waals surface area contributed by atoms with E-state index < -0.39 is 17.9 Å². The van der Waals surface area contributed by atoms with Gasteiger partial charge in [-0.2, -0.15) is 0 Å². The molecule has 0 N–H and O–H groups in total. The molecule has 0 bridgehead atoms. The normalized spacial score (nSPS) is 24.8. The summed E-state index contributed by atoms with van der Waals surface area (Å²) < 4.78 is 55.6. The molecule has 4 rings (SSSR count). The lowest BCUT2D eigenvalue weighted by Crippen LogP contribution is -2.20. The van der Waals surface area contributed by atoms with Crippen molar-refractivity contribution in [1.82, 2.24) is 0 Å². The largest absolute Gasteiger partial charge is 0.573 e. The van der Waals surface area contributed by atoms with Crippen LogP contribution in [0.1, 0.15) is 73.1 Å². The van der Waals surface area contributed by atoms with Crippen LogP contribution in [0.2, 0.25) is 0 Å². The van der Waals surface area contributed by atoms with Crippen molar-refractivity contribution < 1.29 is 22.3 Å². The van der Waals surface area contributed by atoms with Crippen LogP contribution < -0.4 is 4.74 Å². The molecule has 5 heteroatoms. The summed E-state index contributed by atoms with van der Waals surface area (Å²) in [5.74, 6) is 0.126. The summed E-state index contributed by atoms with van der Waals surface area (Å²) in [6.45, 7) is 2.32. The first-order chi connectivity index (χ1) is 13.8. The van der Waals surface area contributed by atoms with Crippen LogP contribution in [0.15, 0.2) is 36.4 Å². The molecule has 0 aromatic heterocycles. The van der Waals surface area contributed by atoms with Gasteiger partial charge in [-0.1, -0.05) is 50.1 Å². The van der Waals surface area contributed by atoms with Crippen LogP contribution in [0.4, 0.5) is 17.6 Å². The molecule has 0 radical (unpaired) electrons. The van der Waals surface area contributed by atoms with Crippen LogP contribution in [0.5, 0.6) is 5.75 Å². The van der Waals surface area contributed by atoms with Crippen LogP contribution in [0, 0.1) is 11.7 Å². The van der Waals surface area contributed by atoms with Gasteiger partial charge in [0.1, 0.15) is 0 Å². The SMILES string of the molecule is CC1CCC(c2ccc(C3CCc4c(ccc(OC(F)(F)F)c4F)C3)cc2)CC1. The summed E-state index contributed by atoms with van der Waals surface area (Å²) in [5.41, 5.74) is 3.76. The number of benzene rings is 2. The molecule has 2 aliphatic carbocycles. The molecule has 1 saturated carbocycles. The van der Waals surface area contributed by atoms with Crippen molar-refractivity contribution in [3.8, 4) is 5.75 Å². The topological polar surface area (TPSA) is 9.23 Å². The van der Waals surface area contributed by atoms with Gasteiger partial charge < -0.3 is 4.74 Å². The Labute approximate surface area is 169 Å². The van der Waals surface area contributed by atoms with Gasteiger partial charge >= 0.3 is 6.36 Å². The highest BCUT2D eigenvalue weighted by Crippen LogP contribution is 2.39. The third-order valence-corrected chi connectivity index (χ3v) is 6.63. The third kappa shape index (κ3) is 4.59. The fourth-order valence-corrected chi connectivity index (χ4v) is 4.91. The first-order valence-corrected chi connectivity index (χ1v) is 10.5. The molecule has 2 aromatic rings. The van der Waals surface area contributed by atoms with E-state index in [0.29, 0.717) is 24.3 Å². The lowest BCUT2D eigenvalue weighted by atomic mass is 9.77. The Morgan fingerprint density at radius 1 is 0.828 bits per heavy atom. The molecule has 1 nitrogen and oxygen atoms in total. The molecular formula is C24H26F4O. The summed E-state index contributed by atoms with van der Waals surface area (Å²) in [6, 6.07) is 11.5. The first kappa shape index (κ1) is 20.2. The number of halogens is 4. The summed E-state index contributed by atoms with van der Waals surface area (Å²) in [6.07, 6.45) is 1.97. The van der Waals surface area contributed by atoms with Crippen molar-refractivity contribution >= 4 is 0 Å². The number of rotatable bonds is 3. The van der Waals surface area contributed by atoms with Crippen LogP contribution in [0.25, 0.3) is 0 Å². The van der Waals surface area contributed by atoms with Crippen molar-refractivity contribution in [2.75, 3.05) is 0 Å². The molecule has 0 saturated heterocycles. The van der Waals surface area contributed by atoms with E-state index in [2.05, 4.69) is 35.9 Å². The molecule has 0 amide bonds. The van der Waals surface area contributed by atoms with Crippen molar-refractivity contribution in [2.24, 2.45) is 5.92 Å². The Balaban J connectivity index is 1.46. The second kappa shape index (κ2) is 8.00. The zero-order valence-electron chi connectivity index (χ0n) is 16.6. The fraction of sp³-hybridized carbons (Fsp3) is 0.500. The second-order valence-electron chi connectivity index (χ2n) is 8.63. The standard InChI is InChI=1S/C24H26F4O/c1-15-2-4-16(5-3-15)17-6-8-18(9-7-17)19-10-12-21-20(14-19)11-13-22(23(21)25)29-24(26,27)28/h6-9,11,13,15-16,19H,2-5,10,12,14H2,1H3. The summed E-state index contributed by atoms with van der Waals surface area (Å²) in [4.78, 5) is 0. The Hall–Kier alpha value is -2.04. The monoisotopic (exact) mass is 406 g/mol. The maximum Gasteiger partial charge on any atom is 0.573 e. The molecule has 2 aromatic carbocycles. The molecule has 29 heavy (non-hydrogen) atoms. The van der Waals surface area contributed by atoms with E-state index in [1.54, 1.807) is 6.07 Å². The van der Waals surface area contributed by atoms with Gasteiger partial charge in [-0.3, -0.25) is 0 Å². The van der Waals surface area contributed by atoms with Crippen LogP contribution in [-0.4, -0.2) is 6.36 Å². The quantitative estimate of drug-likeness (QED) is 0.486. The van der Waals surface area contributed by atoms with Crippen molar-refractivity contribution in [3.63, 3.8) is 0 Å². The van der Waals surface area contributed by atoms with Gasteiger partial charge in [0.25, 0.3) is 0 Å². The zero-order chi connectivity index (χ0) is 20.6. The number of hydrogen-bond acceptors (Lipinski definition) is 1. The van der Waals surface area contributed by atoms with E-state index in [1.165, 1.54) is 36.8 Å². The molecule has 156 valence electrons. The highest BCUT2D eigenvalue weighted by molar-refractivity contribution is 5.41. The van der Waals surface area contributed by atoms with Gasteiger partial charge in [0.15, 0.2) is 11.6 Å². The Morgan fingerprint density at radius 3 is 2.07 bits per heavy atom. The lowest BCUT2D eigenvalue weighted by Gasteiger charge is -2.28. The number of ether oxygens (including phenoxy) is 1. The Kier molecular flexibility index (Phi) is 5.58. The number of alkyl halides is 3. The van der Waals surface area contributed by atoms with Crippen LogP contribution in [-0.2, 0) is 12.8 Å². The molecule has 0 heterocycles. The molecular weight excluding hydrogens is 380 g/mol. The second-order valence-corrected chi connectivity index (χ2v) is 8.63. The van der Waals surface area contributed by atoms with Crippen molar-refractivity contribution in [2.45, 2.75) is 70.1 Å². The lowest BCUT2D eigenvalue weighted by molar-refractivity contribution is -0.275. The van der Waals surface area contributed by atoms with E-state index in [0.717, 1.165) is 24.0 Å². The fourth-order valence-electron chi connectivity index (χ4n) is 4.91. The zero-order valence-corrected chi connectivity index (χ0v) is 16.6. The van der Waals surface area contributed by atoms with Gasteiger partial charge in [0.2, 0.25) is 0 Å². The van der Waals surface area contributed by atoms with Gasteiger partial charge in [-0.05, 0) is 78.2 Å².